The molecule has 7 nitrogen and oxygen atoms in total. The van der Waals surface area contributed by atoms with Crippen molar-refractivity contribution in [1.82, 2.24) is 10.0 Å². The SMILES string of the molecule is CCCC(=O)Nc1cccc(CNC(=O)CCNS(=O)(=O)c2ccc3ccccc3c2)c1. The summed E-state index contributed by atoms with van der Waals surface area (Å²) in [6.07, 6.45) is 1.24. The summed E-state index contributed by atoms with van der Waals surface area (Å²) in [5.74, 6) is -0.320. The lowest BCUT2D eigenvalue weighted by Gasteiger charge is -2.10. The first-order valence-electron chi connectivity index (χ1n) is 10.5. The molecule has 0 radical (unpaired) electrons. The summed E-state index contributed by atoms with van der Waals surface area (Å²) in [6, 6.07) is 19.7. The van der Waals surface area contributed by atoms with E-state index in [1.165, 1.54) is 0 Å². The lowest BCUT2D eigenvalue weighted by molar-refractivity contribution is -0.121. The van der Waals surface area contributed by atoms with Crippen LogP contribution in [0, 0.1) is 0 Å². The van der Waals surface area contributed by atoms with Gasteiger partial charge in [0.25, 0.3) is 0 Å². The van der Waals surface area contributed by atoms with E-state index in [-0.39, 0.29) is 36.2 Å². The Hall–Kier alpha value is -3.23. The summed E-state index contributed by atoms with van der Waals surface area (Å²) in [6.45, 7) is 2.22. The fraction of sp³-hybridized carbons (Fsp3) is 0.250. The first-order valence-corrected chi connectivity index (χ1v) is 12.0. The van der Waals surface area contributed by atoms with Crippen LogP contribution in [0.2, 0.25) is 0 Å². The van der Waals surface area contributed by atoms with Gasteiger partial charge in [-0.3, -0.25) is 9.59 Å². The average Bonchev–Trinajstić information content (AvgIpc) is 2.77. The number of rotatable bonds is 10. The Bertz CT molecular complexity index is 1210. The number of hydrogen-bond acceptors (Lipinski definition) is 4. The number of benzene rings is 3. The Labute approximate surface area is 188 Å². The topological polar surface area (TPSA) is 104 Å². The van der Waals surface area contributed by atoms with Gasteiger partial charge in [0.15, 0.2) is 0 Å². The third kappa shape index (κ3) is 6.63. The maximum Gasteiger partial charge on any atom is 0.240 e. The van der Waals surface area contributed by atoms with Crippen LogP contribution in [0.4, 0.5) is 5.69 Å². The molecule has 0 heterocycles. The van der Waals surface area contributed by atoms with Gasteiger partial charge in [-0.05, 0) is 47.0 Å². The summed E-state index contributed by atoms with van der Waals surface area (Å²) < 4.78 is 27.5. The third-order valence-corrected chi connectivity index (χ3v) is 6.31. The van der Waals surface area contributed by atoms with E-state index in [4.69, 9.17) is 0 Å². The molecule has 0 aliphatic rings. The van der Waals surface area contributed by atoms with E-state index < -0.39 is 10.0 Å². The zero-order valence-corrected chi connectivity index (χ0v) is 18.7. The zero-order chi connectivity index (χ0) is 23.0. The molecule has 3 rings (SSSR count). The normalized spacial score (nSPS) is 11.3. The molecule has 2 amide bonds. The molecule has 0 bridgehead atoms. The Kier molecular flexibility index (Phi) is 7.97. The standard InChI is InChI=1S/C24H27N3O4S/c1-2-6-24(29)27-21-10-5-7-18(15-21)17-25-23(28)13-14-26-32(30,31)22-12-11-19-8-3-4-9-20(19)16-22/h3-5,7-12,15-16,26H,2,6,13-14,17H2,1H3,(H,25,28)(H,27,29). The summed E-state index contributed by atoms with van der Waals surface area (Å²) in [5, 5.41) is 7.38. The van der Waals surface area contributed by atoms with Crippen molar-refractivity contribution >= 4 is 38.3 Å². The second-order valence-electron chi connectivity index (χ2n) is 7.43. The molecule has 0 unspecified atom stereocenters. The summed E-state index contributed by atoms with van der Waals surface area (Å²) >= 11 is 0. The van der Waals surface area contributed by atoms with Crippen LogP contribution in [0.1, 0.15) is 31.7 Å². The molecule has 0 fully saturated rings. The Morgan fingerprint density at radius 2 is 1.62 bits per heavy atom. The number of hydrogen-bond donors (Lipinski definition) is 3. The number of fused-ring (bicyclic) bond motifs is 1. The molecular formula is C24H27N3O4S. The molecule has 0 saturated heterocycles. The highest BCUT2D eigenvalue weighted by Crippen LogP contribution is 2.18. The Morgan fingerprint density at radius 3 is 2.41 bits per heavy atom. The van der Waals surface area contributed by atoms with Crippen molar-refractivity contribution < 1.29 is 18.0 Å². The van der Waals surface area contributed by atoms with Gasteiger partial charge >= 0.3 is 0 Å². The third-order valence-electron chi connectivity index (χ3n) is 4.85. The van der Waals surface area contributed by atoms with Gasteiger partial charge in [0.1, 0.15) is 0 Å². The monoisotopic (exact) mass is 453 g/mol. The van der Waals surface area contributed by atoms with Crippen LogP contribution in [-0.2, 0) is 26.2 Å². The van der Waals surface area contributed by atoms with Crippen molar-refractivity contribution in [2.45, 2.75) is 37.6 Å². The van der Waals surface area contributed by atoms with Gasteiger partial charge in [0, 0.05) is 31.6 Å². The smallest absolute Gasteiger partial charge is 0.240 e. The van der Waals surface area contributed by atoms with Crippen LogP contribution in [0.25, 0.3) is 10.8 Å². The maximum atomic E-state index is 12.5. The van der Waals surface area contributed by atoms with Crippen molar-refractivity contribution in [3.63, 3.8) is 0 Å². The molecule has 0 aliphatic heterocycles. The number of amides is 2. The van der Waals surface area contributed by atoms with Gasteiger partial charge in [-0.2, -0.15) is 0 Å². The number of nitrogens with one attached hydrogen (secondary N) is 3. The predicted octanol–water partition coefficient (Wildman–Crippen LogP) is 3.56. The number of carbonyl (C=O) groups is 2. The van der Waals surface area contributed by atoms with Crippen molar-refractivity contribution in [2.24, 2.45) is 0 Å². The van der Waals surface area contributed by atoms with Crippen molar-refractivity contribution in [2.75, 3.05) is 11.9 Å². The minimum absolute atomic E-state index is 0.00584. The molecule has 3 N–H and O–H groups in total. The fourth-order valence-corrected chi connectivity index (χ4v) is 4.28. The molecule has 0 atom stereocenters. The second kappa shape index (κ2) is 10.9. The molecule has 0 spiro atoms. The van der Waals surface area contributed by atoms with E-state index in [0.29, 0.717) is 12.1 Å². The van der Waals surface area contributed by atoms with Crippen LogP contribution in [0.3, 0.4) is 0 Å². The first-order chi connectivity index (χ1) is 15.4. The molecule has 8 heteroatoms. The van der Waals surface area contributed by atoms with Crippen LogP contribution in [0.5, 0.6) is 0 Å². The number of carbonyl (C=O) groups excluding carboxylic acids is 2. The average molecular weight is 454 g/mol. The van der Waals surface area contributed by atoms with E-state index in [1.807, 2.05) is 37.3 Å². The van der Waals surface area contributed by atoms with Gasteiger partial charge in [-0.1, -0.05) is 49.4 Å². The minimum atomic E-state index is -3.71. The van der Waals surface area contributed by atoms with E-state index in [9.17, 15) is 18.0 Å². The summed E-state index contributed by atoms with van der Waals surface area (Å²) in [4.78, 5) is 24.0. The van der Waals surface area contributed by atoms with Crippen LogP contribution in [-0.4, -0.2) is 26.8 Å². The lowest BCUT2D eigenvalue weighted by atomic mass is 10.1. The molecule has 32 heavy (non-hydrogen) atoms. The van der Waals surface area contributed by atoms with Gasteiger partial charge in [0.2, 0.25) is 21.8 Å². The Balaban J connectivity index is 1.48. The summed E-state index contributed by atoms with van der Waals surface area (Å²) in [7, 11) is -3.71. The lowest BCUT2D eigenvalue weighted by Crippen LogP contribution is -2.30. The molecule has 3 aromatic carbocycles. The first kappa shape index (κ1) is 23.4. The van der Waals surface area contributed by atoms with E-state index >= 15 is 0 Å². The highest BCUT2D eigenvalue weighted by molar-refractivity contribution is 7.89. The number of anilines is 1. The van der Waals surface area contributed by atoms with Gasteiger partial charge < -0.3 is 10.6 Å². The highest BCUT2D eigenvalue weighted by Gasteiger charge is 2.14. The fourth-order valence-electron chi connectivity index (χ4n) is 3.22. The Morgan fingerprint density at radius 1 is 0.844 bits per heavy atom. The van der Waals surface area contributed by atoms with Crippen molar-refractivity contribution in [1.29, 1.82) is 0 Å². The number of sulfonamides is 1. The van der Waals surface area contributed by atoms with Crippen molar-refractivity contribution in [3.05, 3.63) is 72.3 Å². The van der Waals surface area contributed by atoms with Gasteiger partial charge in [-0.25, -0.2) is 13.1 Å². The molecule has 0 saturated carbocycles. The molecule has 3 aromatic rings. The maximum absolute atomic E-state index is 12.5. The summed E-state index contributed by atoms with van der Waals surface area (Å²) in [5.41, 5.74) is 1.52. The quantitative estimate of drug-likeness (QED) is 0.437. The van der Waals surface area contributed by atoms with Crippen LogP contribution < -0.4 is 15.4 Å². The zero-order valence-electron chi connectivity index (χ0n) is 17.9. The molecular weight excluding hydrogens is 426 g/mol. The predicted molar refractivity (Wildman–Crippen MR) is 126 cm³/mol. The van der Waals surface area contributed by atoms with Crippen LogP contribution >= 0.6 is 0 Å². The second-order valence-corrected chi connectivity index (χ2v) is 9.20. The van der Waals surface area contributed by atoms with E-state index in [1.54, 1.807) is 36.4 Å². The van der Waals surface area contributed by atoms with Crippen LogP contribution in [0.15, 0.2) is 71.6 Å². The molecule has 0 aromatic heterocycles. The van der Waals surface area contributed by atoms with E-state index in [2.05, 4.69) is 15.4 Å². The minimum Gasteiger partial charge on any atom is -0.352 e. The molecule has 0 aliphatic carbocycles. The van der Waals surface area contributed by atoms with E-state index in [0.717, 1.165) is 22.8 Å². The van der Waals surface area contributed by atoms with Crippen molar-refractivity contribution in [3.8, 4) is 0 Å². The van der Waals surface area contributed by atoms with Gasteiger partial charge in [0.05, 0.1) is 4.90 Å². The van der Waals surface area contributed by atoms with Gasteiger partial charge in [-0.15, -0.1) is 0 Å². The molecule has 168 valence electrons. The highest BCUT2D eigenvalue weighted by atomic mass is 32.2. The largest absolute Gasteiger partial charge is 0.352 e.